The molecule has 1 rings (SSSR count). The molecule has 2 nitrogen and oxygen atoms in total. The summed E-state index contributed by atoms with van der Waals surface area (Å²) in [6.45, 7) is 7.98. The Hall–Kier alpha value is -0.790. The second-order valence-corrected chi connectivity index (χ2v) is 3.81. The van der Waals surface area contributed by atoms with Crippen LogP contribution in [0.25, 0.3) is 0 Å². The Labute approximate surface area is 73.6 Å². The van der Waals surface area contributed by atoms with Gasteiger partial charge < -0.3 is 4.74 Å². The van der Waals surface area contributed by atoms with Gasteiger partial charge in [0.15, 0.2) is 0 Å². The van der Waals surface area contributed by atoms with Crippen LogP contribution in [0.3, 0.4) is 0 Å². The van der Waals surface area contributed by atoms with E-state index in [4.69, 9.17) is 4.74 Å². The van der Waals surface area contributed by atoms with Gasteiger partial charge in [-0.2, -0.15) is 0 Å². The van der Waals surface area contributed by atoms with Crippen molar-refractivity contribution in [3.63, 3.8) is 0 Å². The van der Waals surface area contributed by atoms with Gasteiger partial charge >= 0.3 is 5.97 Å². The summed E-state index contributed by atoms with van der Waals surface area (Å²) >= 11 is 0. The minimum absolute atomic E-state index is 0.104. The Morgan fingerprint density at radius 2 is 2.33 bits per heavy atom. The first-order chi connectivity index (χ1) is 5.59. The van der Waals surface area contributed by atoms with Crippen molar-refractivity contribution in [2.45, 2.75) is 39.2 Å². The van der Waals surface area contributed by atoms with Gasteiger partial charge in [0.25, 0.3) is 0 Å². The molecule has 0 saturated carbocycles. The topological polar surface area (TPSA) is 26.3 Å². The first-order valence-electron chi connectivity index (χ1n) is 4.48. The van der Waals surface area contributed by atoms with Crippen molar-refractivity contribution in [3.8, 4) is 0 Å². The van der Waals surface area contributed by atoms with Crippen molar-refractivity contribution >= 4 is 5.97 Å². The summed E-state index contributed by atoms with van der Waals surface area (Å²) in [5, 5.41) is 0. The third-order valence-corrected chi connectivity index (χ3v) is 2.10. The zero-order valence-corrected chi connectivity index (χ0v) is 7.80. The molecule has 1 fully saturated rings. The highest BCUT2D eigenvalue weighted by Crippen LogP contribution is 2.23. The van der Waals surface area contributed by atoms with E-state index in [0.717, 1.165) is 19.3 Å². The molecule has 68 valence electrons. The zero-order valence-electron chi connectivity index (χ0n) is 7.80. The molecule has 0 radical (unpaired) electrons. The fraction of sp³-hybridized carbons (Fsp3) is 0.700. The van der Waals surface area contributed by atoms with Crippen LogP contribution in [-0.4, -0.2) is 12.1 Å². The molecular weight excluding hydrogens is 152 g/mol. The molecule has 1 aliphatic rings. The van der Waals surface area contributed by atoms with E-state index >= 15 is 0 Å². The standard InChI is InChI=1S/C10H16O2/c1-7(2)4-5-9-6-8(3)10(11)12-9/h7,9H,3-6H2,1-2H3. The van der Waals surface area contributed by atoms with Crippen LogP contribution in [0.1, 0.15) is 33.1 Å². The summed E-state index contributed by atoms with van der Waals surface area (Å²) < 4.78 is 5.09. The lowest BCUT2D eigenvalue weighted by molar-refractivity contribution is -0.139. The highest BCUT2D eigenvalue weighted by atomic mass is 16.5. The molecule has 0 amide bonds. The molecule has 1 atom stereocenters. The Morgan fingerprint density at radius 3 is 2.75 bits per heavy atom. The fourth-order valence-electron chi connectivity index (χ4n) is 1.31. The molecule has 12 heavy (non-hydrogen) atoms. The van der Waals surface area contributed by atoms with Crippen LogP contribution in [0.2, 0.25) is 0 Å². The van der Waals surface area contributed by atoms with Crippen molar-refractivity contribution in [1.82, 2.24) is 0 Å². The molecule has 1 heterocycles. The highest BCUT2D eigenvalue weighted by Gasteiger charge is 2.26. The summed E-state index contributed by atoms with van der Waals surface area (Å²) in [6, 6.07) is 0. The average molecular weight is 168 g/mol. The lowest BCUT2D eigenvalue weighted by atomic mass is 10.0. The number of carbonyl (C=O) groups is 1. The molecule has 1 unspecified atom stereocenters. The van der Waals surface area contributed by atoms with Gasteiger partial charge in [-0.25, -0.2) is 4.79 Å². The number of rotatable bonds is 3. The van der Waals surface area contributed by atoms with Crippen molar-refractivity contribution < 1.29 is 9.53 Å². The van der Waals surface area contributed by atoms with Crippen LogP contribution in [-0.2, 0) is 9.53 Å². The SMILES string of the molecule is C=C1CC(CCC(C)C)OC1=O. The summed E-state index contributed by atoms with van der Waals surface area (Å²) in [5.74, 6) is 0.473. The van der Waals surface area contributed by atoms with E-state index in [9.17, 15) is 4.79 Å². The maximum Gasteiger partial charge on any atom is 0.333 e. The van der Waals surface area contributed by atoms with Gasteiger partial charge in [0, 0.05) is 12.0 Å². The molecule has 2 heteroatoms. The molecule has 0 spiro atoms. The van der Waals surface area contributed by atoms with Gasteiger partial charge in [-0.15, -0.1) is 0 Å². The lowest BCUT2D eigenvalue weighted by Gasteiger charge is -2.09. The third-order valence-electron chi connectivity index (χ3n) is 2.10. The van der Waals surface area contributed by atoms with E-state index in [1.165, 1.54) is 0 Å². The number of esters is 1. The summed E-state index contributed by atoms with van der Waals surface area (Å²) in [5.41, 5.74) is 0.628. The summed E-state index contributed by atoms with van der Waals surface area (Å²) in [4.78, 5) is 10.9. The Balaban J connectivity index is 2.28. The van der Waals surface area contributed by atoms with Crippen LogP contribution in [0.5, 0.6) is 0 Å². The second-order valence-electron chi connectivity index (χ2n) is 3.81. The minimum Gasteiger partial charge on any atom is -0.459 e. The molecule has 0 bridgehead atoms. The van der Waals surface area contributed by atoms with E-state index in [2.05, 4.69) is 20.4 Å². The van der Waals surface area contributed by atoms with Gasteiger partial charge in [0.05, 0.1) is 0 Å². The van der Waals surface area contributed by atoms with Gasteiger partial charge in [-0.3, -0.25) is 0 Å². The van der Waals surface area contributed by atoms with E-state index in [1.807, 2.05) is 0 Å². The number of hydrogen-bond acceptors (Lipinski definition) is 2. The smallest absolute Gasteiger partial charge is 0.333 e. The van der Waals surface area contributed by atoms with Gasteiger partial charge in [-0.05, 0) is 18.8 Å². The maximum absolute atomic E-state index is 10.9. The molecule has 1 aliphatic heterocycles. The van der Waals surface area contributed by atoms with Crippen molar-refractivity contribution in [1.29, 1.82) is 0 Å². The molecule has 1 saturated heterocycles. The molecule has 0 aromatic heterocycles. The molecule has 0 aromatic carbocycles. The Bertz CT molecular complexity index is 178. The third kappa shape index (κ3) is 2.36. The van der Waals surface area contributed by atoms with E-state index in [-0.39, 0.29) is 12.1 Å². The van der Waals surface area contributed by atoms with Gasteiger partial charge in [0.2, 0.25) is 0 Å². The fourth-order valence-corrected chi connectivity index (χ4v) is 1.31. The quantitative estimate of drug-likeness (QED) is 0.477. The van der Waals surface area contributed by atoms with Crippen LogP contribution in [0.4, 0.5) is 0 Å². The van der Waals surface area contributed by atoms with Crippen LogP contribution >= 0.6 is 0 Å². The lowest BCUT2D eigenvalue weighted by Crippen LogP contribution is -2.07. The molecule has 0 N–H and O–H groups in total. The number of cyclic esters (lactones) is 1. The predicted molar refractivity (Wildman–Crippen MR) is 47.7 cm³/mol. The van der Waals surface area contributed by atoms with Crippen LogP contribution in [0, 0.1) is 5.92 Å². The van der Waals surface area contributed by atoms with E-state index in [1.54, 1.807) is 0 Å². The molecule has 0 aliphatic carbocycles. The van der Waals surface area contributed by atoms with Gasteiger partial charge in [-0.1, -0.05) is 20.4 Å². The van der Waals surface area contributed by atoms with Crippen LogP contribution in [0.15, 0.2) is 12.2 Å². The van der Waals surface area contributed by atoms with E-state index in [0.29, 0.717) is 11.5 Å². The largest absolute Gasteiger partial charge is 0.459 e. The van der Waals surface area contributed by atoms with Crippen molar-refractivity contribution in [3.05, 3.63) is 12.2 Å². The molecular formula is C10H16O2. The van der Waals surface area contributed by atoms with Crippen LogP contribution < -0.4 is 0 Å². The minimum atomic E-state index is -0.205. The average Bonchev–Trinajstić information content (AvgIpc) is 2.28. The Kier molecular flexibility index (Phi) is 2.90. The Morgan fingerprint density at radius 1 is 1.67 bits per heavy atom. The molecule has 0 aromatic rings. The van der Waals surface area contributed by atoms with Gasteiger partial charge in [0.1, 0.15) is 6.10 Å². The normalized spacial score (nSPS) is 23.4. The first kappa shape index (κ1) is 9.30. The summed E-state index contributed by atoms with van der Waals surface area (Å²) in [7, 11) is 0. The summed E-state index contributed by atoms with van der Waals surface area (Å²) in [6.07, 6.45) is 2.92. The second kappa shape index (κ2) is 3.74. The first-order valence-corrected chi connectivity index (χ1v) is 4.48. The monoisotopic (exact) mass is 168 g/mol. The van der Waals surface area contributed by atoms with E-state index < -0.39 is 0 Å². The maximum atomic E-state index is 10.9. The number of carbonyl (C=O) groups excluding carboxylic acids is 1. The zero-order chi connectivity index (χ0) is 9.14. The highest BCUT2D eigenvalue weighted by molar-refractivity contribution is 5.89. The predicted octanol–water partition coefficient (Wildman–Crippen LogP) is 2.29. The number of hydrogen-bond donors (Lipinski definition) is 0. The van der Waals surface area contributed by atoms with Crippen molar-refractivity contribution in [2.24, 2.45) is 5.92 Å². The number of ether oxygens (including phenoxy) is 1. The van der Waals surface area contributed by atoms with Crippen molar-refractivity contribution in [2.75, 3.05) is 0 Å².